The van der Waals surface area contributed by atoms with E-state index in [1.54, 1.807) is 4.90 Å². The molecule has 3 aliphatic heterocycles. The van der Waals surface area contributed by atoms with Gasteiger partial charge in [0, 0.05) is 59.4 Å². The van der Waals surface area contributed by atoms with Crippen LogP contribution < -0.4 is 9.47 Å². The van der Waals surface area contributed by atoms with Crippen molar-refractivity contribution in [3.63, 3.8) is 0 Å². The molecule has 1 aromatic rings. The van der Waals surface area contributed by atoms with Crippen molar-refractivity contribution in [1.82, 2.24) is 19.6 Å². The van der Waals surface area contributed by atoms with Gasteiger partial charge in [-0.3, -0.25) is 19.5 Å². The van der Waals surface area contributed by atoms with Gasteiger partial charge in [-0.2, -0.15) is 0 Å². The quantitative estimate of drug-likeness (QED) is 0.753. The third kappa shape index (κ3) is 4.59. The van der Waals surface area contributed by atoms with Crippen LogP contribution in [0.1, 0.15) is 18.4 Å². The molecule has 2 saturated heterocycles. The highest BCUT2D eigenvalue weighted by Crippen LogP contribution is 2.33. The molecular weight excluding hydrogens is 356 g/mol. The minimum absolute atomic E-state index is 0.203. The number of likely N-dealkylation sites (tertiary alicyclic amines) is 1. The molecule has 7 nitrogen and oxygen atoms in total. The number of piperazine rings is 1. The average molecular weight is 389 g/mol. The van der Waals surface area contributed by atoms with Gasteiger partial charge in [-0.1, -0.05) is 6.07 Å². The van der Waals surface area contributed by atoms with Gasteiger partial charge in [0.1, 0.15) is 0 Å². The Hall–Kier alpha value is -1.83. The van der Waals surface area contributed by atoms with Crippen molar-refractivity contribution in [3.8, 4) is 11.5 Å². The summed E-state index contributed by atoms with van der Waals surface area (Å²) < 4.78 is 10.9. The highest BCUT2D eigenvalue weighted by atomic mass is 16.7. The van der Waals surface area contributed by atoms with E-state index in [2.05, 4.69) is 26.8 Å². The van der Waals surface area contributed by atoms with E-state index in [1.165, 1.54) is 18.4 Å². The summed E-state index contributed by atoms with van der Waals surface area (Å²) in [7, 11) is 3.67. The maximum absolute atomic E-state index is 12.0. The van der Waals surface area contributed by atoms with E-state index in [4.69, 9.17) is 9.47 Å². The molecule has 0 N–H and O–H groups in total. The molecule has 1 aromatic carbocycles. The minimum atomic E-state index is 0.203. The van der Waals surface area contributed by atoms with Crippen LogP contribution in [0.2, 0.25) is 0 Å². The Labute approximate surface area is 167 Å². The fourth-order valence-electron chi connectivity index (χ4n) is 4.39. The molecule has 0 aromatic heterocycles. The number of hydrogen-bond acceptors (Lipinski definition) is 6. The summed E-state index contributed by atoms with van der Waals surface area (Å²) >= 11 is 0. The van der Waals surface area contributed by atoms with Crippen LogP contribution in [0, 0.1) is 0 Å². The molecule has 0 spiro atoms. The van der Waals surface area contributed by atoms with Gasteiger partial charge in [-0.25, -0.2) is 0 Å². The van der Waals surface area contributed by atoms with E-state index in [1.807, 2.05) is 20.2 Å². The highest BCUT2D eigenvalue weighted by Gasteiger charge is 2.29. The van der Waals surface area contributed by atoms with Crippen molar-refractivity contribution < 1.29 is 14.3 Å². The third-order valence-electron chi connectivity index (χ3n) is 6.10. The van der Waals surface area contributed by atoms with E-state index in [0.29, 0.717) is 19.4 Å². The Balaban J connectivity index is 1.25. The number of amides is 1. The molecule has 0 bridgehead atoms. The number of carbonyl (C=O) groups is 1. The van der Waals surface area contributed by atoms with E-state index < -0.39 is 0 Å². The van der Waals surface area contributed by atoms with Gasteiger partial charge < -0.3 is 14.4 Å². The zero-order valence-electron chi connectivity index (χ0n) is 17.1. The summed E-state index contributed by atoms with van der Waals surface area (Å²) in [5.41, 5.74) is 1.28. The van der Waals surface area contributed by atoms with Crippen LogP contribution in [-0.2, 0) is 11.3 Å². The first-order valence-electron chi connectivity index (χ1n) is 10.4. The molecule has 3 heterocycles. The summed E-state index contributed by atoms with van der Waals surface area (Å²) in [5, 5.41) is 0. The topological polar surface area (TPSA) is 48.5 Å². The summed E-state index contributed by atoms with van der Waals surface area (Å²) in [4.78, 5) is 21.2. The predicted octanol–water partition coefficient (Wildman–Crippen LogP) is 1.09. The number of rotatable bonds is 5. The van der Waals surface area contributed by atoms with Crippen LogP contribution in [-0.4, -0.2) is 98.3 Å². The molecule has 7 heteroatoms. The van der Waals surface area contributed by atoms with Gasteiger partial charge in [-0.15, -0.1) is 0 Å². The standard InChI is InChI=1S/C21H32N4O3/c1-22(2)21(26)15-24-7-3-4-18(14-24)25-10-8-23(9-11-25)13-17-5-6-19-20(12-17)28-16-27-19/h5-6,12,18H,3-4,7-11,13-16H2,1-2H3/t18-/m1/s1. The first kappa shape index (κ1) is 19.5. The average Bonchev–Trinajstić information content (AvgIpc) is 3.16. The number of hydrogen-bond donors (Lipinski definition) is 0. The van der Waals surface area contributed by atoms with Crippen molar-refractivity contribution in [1.29, 1.82) is 0 Å². The van der Waals surface area contributed by atoms with Crippen molar-refractivity contribution in [2.75, 3.05) is 66.7 Å². The fraction of sp³-hybridized carbons (Fsp3) is 0.667. The number of ether oxygens (including phenoxy) is 2. The molecule has 0 radical (unpaired) electrons. The van der Waals surface area contributed by atoms with Crippen molar-refractivity contribution in [3.05, 3.63) is 23.8 Å². The SMILES string of the molecule is CN(C)C(=O)CN1CCC[C@@H](N2CCN(Cc3ccc4c(c3)OCO4)CC2)C1. The number of likely N-dealkylation sites (N-methyl/N-ethyl adjacent to an activating group) is 1. The summed E-state index contributed by atoms with van der Waals surface area (Å²) in [6, 6.07) is 6.84. The van der Waals surface area contributed by atoms with Crippen LogP contribution in [0.3, 0.4) is 0 Å². The molecule has 0 unspecified atom stereocenters. The molecule has 4 rings (SSSR count). The largest absolute Gasteiger partial charge is 0.454 e. The molecule has 1 amide bonds. The lowest BCUT2D eigenvalue weighted by Gasteiger charge is -2.43. The van der Waals surface area contributed by atoms with Crippen LogP contribution >= 0.6 is 0 Å². The second-order valence-corrected chi connectivity index (χ2v) is 8.32. The van der Waals surface area contributed by atoms with Crippen molar-refractivity contribution in [2.24, 2.45) is 0 Å². The summed E-state index contributed by atoms with van der Waals surface area (Å²) in [5.74, 6) is 1.92. The van der Waals surface area contributed by atoms with Gasteiger partial charge in [0.2, 0.25) is 12.7 Å². The number of benzene rings is 1. The first-order chi connectivity index (χ1) is 13.6. The lowest BCUT2D eigenvalue weighted by atomic mass is 10.0. The van der Waals surface area contributed by atoms with E-state index >= 15 is 0 Å². The predicted molar refractivity (Wildman–Crippen MR) is 108 cm³/mol. The zero-order valence-corrected chi connectivity index (χ0v) is 17.1. The van der Waals surface area contributed by atoms with Crippen LogP contribution in [0.5, 0.6) is 11.5 Å². The Morgan fingerprint density at radius 2 is 1.86 bits per heavy atom. The molecule has 1 atom stereocenters. The van der Waals surface area contributed by atoms with E-state index in [-0.39, 0.29) is 5.91 Å². The maximum Gasteiger partial charge on any atom is 0.236 e. The zero-order chi connectivity index (χ0) is 19.5. The van der Waals surface area contributed by atoms with Gasteiger partial charge in [0.15, 0.2) is 11.5 Å². The lowest BCUT2D eigenvalue weighted by Crippen LogP contribution is -2.55. The Morgan fingerprint density at radius 3 is 2.64 bits per heavy atom. The molecule has 0 aliphatic carbocycles. The Morgan fingerprint density at radius 1 is 1.07 bits per heavy atom. The van der Waals surface area contributed by atoms with Gasteiger partial charge in [0.25, 0.3) is 0 Å². The Bertz CT molecular complexity index is 688. The van der Waals surface area contributed by atoms with Gasteiger partial charge in [-0.05, 0) is 37.1 Å². The van der Waals surface area contributed by atoms with E-state index in [9.17, 15) is 4.79 Å². The fourth-order valence-corrected chi connectivity index (χ4v) is 4.39. The number of fused-ring (bicyclic) bond motifs is 1. The molecule has 28 heavy (non-hydrogen) atoms. The van der Waals surface area contributed by atoms with Crippen LogP contribution in [0.15, 0.2) is 18.2 Å². The lowest BCUT2D eigenvalue weighted by molar-refractivity contribution is -0.130. The van der Waals surface area contributed by atoms with Crippen molar-refractivity contribution >= 4 is 5.91 Å². The van der Waals surface area contributed by atoms with Crippen molar-refractivity contribution in [2.45, 2.75) is 25.4 Å². The molecular formula is C21H32N4O3. The number of carbonyl (C=O) groups excluding carboxylic acids is 1. The minimum Gasteiger partial charge on any atom is -0.454 e. The third-order valence-corrected chi connectivity index (χ3v) is 6.10. The monoisotopic (exact) mass is 388 g/mol. The number of nitrogens with zero attached hydrogens (tertiary/aromatic N) is 4. The molecule has 3 aliphatic rings. The van der Waals surface area contributed by atoms with Gasteiger partial charge in [0.05, 0.1) is 6.54 Å². The van der Waals surface area contributed by atoms with Crippen LogP contribution in [0.4, 0.5) is 0 Å². The molecule has 154 valence electrons. The normalized spacial score (nSPS) is 23.7. The molecule has 2 fully saturated rings. The number of piperidine rings is 1. The van der Waals surface area contributed by atoms with Gasteiger partial charge >= 0.3 is 0 Å². The summed E-state index contributed by atoms with van der Waals surface area (Å²) in [6.45, 7) is 8.27. The smallest absolute Gasteiger partial charge is 0.236 e. The van der Waals surface area contributed by atoms with E-state index in [0.717, 1.165) is 57.3 Å². The Kier molecular flexibility index (Phi) is 6.04. The highest BCUT2D eigenvalue weighted by molar-refractivity contribution is 5.77. The van der Waals surface area contributed by atoms with Crippen LogP contribution in [0.25, 0.3) is 0 Å². The maximum atomic E-state index is 12.0. The molecule has 0 saturated carbocycles. The summed E-state index contributed by atoms with van der Waals surface area (Å²) in [6.07, 6.45) is 2.43. The second-order valence-electron chi connectivity index (χ2n) is 8.32. The second kappa shape index (κ2) is 8.68. The first-order valence-corrected chi connectivity index (χ1v) is 10.4.